The van der Waals surface area contributed by atoms with E-state index >= 15 is 0 Å². The van der Waals surface area contributed by atoms with E-state index in [1.165, 1.54) is 6.07 Å². The van der Waals surface area contributed by atoms with Crippen LogP contribution in [0, 0.1) is 6.92 Å². The number of hydrogen-bond acceptors (Lipinski definition) is 5. The lowest BCUT2D eigenvalue weighted by Crippen LogP contribution is -2.30. The van der Waals surface area contributed by atoms with Gasteiger partial charge in [-0.1, -0.05) is 13.8 Å². The first-order valence-electron chi connectivity index (χ1n) is 6.96. The fourth-order valence-electron chi connectivity index (χ4n) is 2.02. The second-order valence-electron chi connectivity index (χ2n) is 4.62. The molecule has 1 aromatic heterocycles. The third-order valence-corrected chi connectivity index (χ3v) is 4.82. The van der Waals surface area contributed by atoms with Crippen molar-refractivity contribution in [3.8, 4) is 0 Å². The first-order valence-corrected chi connectivity index (χ1v) is 8.44. The van der Waals surface area contributed by atoms with E-state index in [9.17, 15) is 8.42 Å². The number of aryl methyl sites for hydroxylation is 1. The first kappa shape index (κ1) is 17.2. The lowest BCUT2D eigenvalue weighted by atomic mass is 10.4. The molecule has 20 heavy (non-hydrogen) atoms. The number of nitrogens with two attached hydrogens (primary N) is 1. The van der Waals surface area contributed by atoms with Gasteiger partial charge in [0.1, 0.15) is 16.4 Å². The Hall–Kier alpha value is -0.890. The van der Waals surface area contributed by atoms with Gasteiger partial charge in [-0.25, -0.2) is 13.1 Å². The van der Waals surface area contributed by atoms with Crippen LogP contribution in [-0.2, 0) is 16.6 Å². The molecule has 0 aliphatic rings. The van der Waals surface area contributed by atoms with Crippen LogP contribution < -0.4 is 10.5 Å². The van der Waals surface area contributed by atoms with Gasteiger partial charge in [-0.2, -0.15) is 0 Å². The van der Waals surface area contributed by atoms with E-state index in [0.717, 1.165) is 26.1 Å². The van der Waals surface area contributed by atoms with Crippen molar-refractivity contribution in [2.75, 3.05) is 26.2 Å². The van der Waals surface area contributed by atoms with Gasteiger partial charge in [0.15, 0.2) is 0 Å². The highest BCUT2D eigenvalue weighted by atomic mass is 32.2. The highest BCUT2D eigenvalue weighted by molar-refractivity contribution is 7.89. The molecule has 0 atom stereocenters. The van der Waals surface area contributed by atoms with Crippen LogP contribution in [0.5, 0.6) is 0 Å². The minimum absolute atomic E-state index is 0.181. The van der Waals surface area contributed by atoms with Gasteiger partial charge >= 0.3 is 0 Å². The van der Waals surface area contributed by atoms with Crippen LogP contribution in [0.1, 0.15) is 31.8 Å². The molecule has 0 fully saturated rings. The summed E-state index contributed by atoms with van der Waals surface area (Å²) in [6.07, 6.45) is 0.779. The summed E-state index contributed by atoms with van der Waals surface area (Å²) in [5.41, 5.74) is 5.45. The predicted molar refractivity (Wildman–Crippen MR) is 78.9 cm³/mol. The summed E-state index contributed by atoms with van der Waals surface area (Å²) in [5.74, 6) is 0.854. The summed E-state index contributed by atoms with van der Waals surface area (Å²) in [5, 5.41) is 0. The van der Waals surface area contributed by atoms with Crippen molar-refractivity contribution in [1.29, 1.82) is 0 Å². The lowest BCUT2D eigenvalue weighted by Gasteiger charge is -2.17. The average Bonchev–Trinajstić information content (AvgIpc) is 2.81. The zero-order valence-corrected chi connectivity index (χ0v) is 13.3. The minimum Gasteiger partial charge on any atom is -0.464 e. The van der Waals surface area contributed by atoms with Gasteiger partial charge in [0.05, 0.1) is 6.54 Å². The lowest BCUT2D eigenvalue weighted by molar-refractivity contribution is 0.300. The van der Waals surface area contributed by atoms with Crippen LogP contribution in [0.15, 0.2) is 15.4 Å². The van der Waals surface area contributed by atoms with E-state index in [4.69, 9.17) is 10.2 Å². The number of nitrogens with one attached hydrogen (secondary N) is 1. The number of furan rings is 1. The Morgan fingerprint density at radius 1 is 1.35 bits per heavy atom. The summed E-state index contributed by atoms with van der Waals surface area (Å²) in [6.45, 7) is 9.26. The van der Waals surface area contributed by atoms with E-state index in [1.807, 2.05) is 0 Å². The normalized spacial score (nSPS) is 12.2. The summed E-state index contributed by atoms with van der Waals surface area (Å²) in [6, 6.07) is 1.49. The largest absolute Gasteiger partial charge is 0.464 e. The van der Waals surface area contributed by atoms with Crippen LogP contribution in [-0.4, -0.2) is 39.5 Å². The van der Waals surface area contributed by atoms with Gasteiger partial charge in [-0.3, -0.25) is 0 Å². The van der Waals surface area contributed by atoms with Crippen LogP contribution >= 0.6 is 0 Å². The zero-order valence-electron chi connectivity index (χ0n) is 12.5. The summed E-state index contributed by atoms with van der Waals surface area (Å²) >= 11 is 0. The predicted octanol–water partition coefficient (Wildman–Crippen LogP) is 1.06. The molecule has 0 aromatic carbocycles. The van der Waals surface area contributed by atoms with Gasteiger partial charge in [0.2, 0.25) is 10.0 Å². The van der Waals surface area contributed by atoms with E-state index in [-0.39, 0.29) is 11.4 Å². The van der Waals surface area contributed by atoms with Crippen molar-refractivity contribution in [1.82, 2.24) is 9.62 Å². The Morgan fingerprint density at radius 3 is 2.50 bits per heavy atom. The summed E-state index contributed by atoms with van der Waals surface area (Å²) in [4.78, 5) is 2.44. The van der Waals surface area contributed by atoms with Gasteiger partial charge < -0.3 is 15.1 Å². The van der Waals surface area contributed by atoms with Gasteiger partial charge in [0.25, 0.3) is 0 Å². The monoisotopic (exact) mass is 303 g/mol. The molecule has 0 bridgehead atoms. The molecule has 0 unspecified atom stereocenters. The van der Waals surface area contributed by atoms with Gasteiger partial charge in [-0.05, 0) is 33.0 Å². The fourth-order valence-corrected chi connectivity index (χ4v) is 3.29. The molecule has 1 rings (SSSR count). The Balaban J connectivity index is 2.55. The van der Waals surface area contributed by atoms with Crippen molar-refractivity contribution >= 4 is 10.0 Å². The molecule has 0 radical (unpaired) electrons. The van der Waals surface area contributed by atoms with E-state index in [0.29, 0.717) is 18.1 Å². The van der Waals surface area contributed by atoms with E-state index in [2.05, 4.69) is 23.5 Å². The van der Waals surface area contributed by atoms with Crippen molar-refractivity contribution in [3.63, 3.8) is 0 Å². The average molecular weight is 303 g/mol. The Morgan fingerprint density at radius 2 is 2.00 bits per heavy atom. The Kier molecular flexibility index (Phi) is 6.67. The highest BCUT2D eigenvalue weighted by Crippen LogP contribution is 2.19. The second-order valence-corrected chi connectivity index (χ2v) is 6.35. The number of rotatable bonds is 9. The zero-order chi connectivity index (χ0) is 15.2. The maximum atomic E-state index is 12.1. The van der Waals surface area contributed by atoms with E-state index in [1.54, 1.807) is 6.92 Å². The van der Waals surface area contributed by atoms with Crippen LogP contribution in [0.4, 0.5) is 0 Å². The number of hydrogen-bond donors (Lipinski definition) is 2. The molecule has 0 spiro atoms. The quantitative estimate of drug-likeness (QED) is 0.666. The minimum atomic E-state index is -3.51. The van der Waals surface area contributed by atoms with Crippen molar-refractivity contribution in [2.45, 2.75) is 38.6 Å². The fraction of sp³-hybridized carbons (Fsp3) is 0.692. The molecular formula is C13H25N3O3S. The smallest absolute Gasteiger partial charge is 0.244 e. The third-order valence-electron chi connectivity index (χ3n) is 3.25. The molecule has 1 aromatic rings. The molecule has 0 aliphatic heterocycles. The molecule has 6 nitrogen and oxygen atoms in total. The summed E-state index contributed by atoms with van der Waals surface area (Å²) in [7, 11) is -3.51. The Labute approximate surface area is 121 Å². The second kappa shape index (κ2) is 7.78. The van der Waals surface area contributed by atoms with Crippen molar-refractivity contribution in [2.24, 2.45) is 5.73 Å². The van der Waals surface area contributed by atoms with Crippen LogP contribution in [0.25, 0.3) is 0 Å². The Bertz CT molecular complexity index is 507. The molecule has 0 saturated heterocycles. The molecule has 0 saturated carbocycles. The molecule has 3 N–H and O–H groups in total. The molecule has 7 heteroatoms. The summed E-state index contributed by atoms with van der Waals surface area (Å²) < 4.78 is 32.2. The molecule has 0 aliphatic carbocycles. The van der Waals surface area contributed by atoms with Crippen LogP contribution in [0.3, 0.4) is 0 Å². The molecule has 116 valence electrons. The van der Waals surface area contributed by atoms with Crippen LogP contribution in [0.2, 0.25) is 0 Å². The van der Waals surface area contributed by atoms with Crippen molar-refractivity contribution in [3.05, 3.63) is 17.6 Å². The maximum Gasteiger partial charge on any atom is 0.244 e. The van der Waals surface area contributed by atoms with Crippen molar-refractivity contribution < 1.29 is 12.8 Å². The third kappa shape index (κ3) is 4.59. The van der Waals surface area contributed by atoms with Gasteiger partial charge in [-0.15, -0.1) is 0 Å². The van der Waals surface area contributed by atoms with E-state index < -0.39 is 10.0 Å². The number of nitrogens with zero attached hydrogens (tertiary/aromatic N) is 1. The molecule has 0 amide bonds. The first-order chi connectivity index (χ1) is 9.44. The maximum absolute atomic E-state index is 12.1. The highest BCUT2D eigenvalue weighted by Gasteiger charge is 2.20. The molecule has 1 heterocycles. The van der Waals surface area contributed by atoms with Gasteiger partial charge in [0, 0.05) is 12.6 Å². The standard InChI is InChI=1S/C13H25N3O3S/c1-4-16(5-2)8-6-7-15-20(17,18)13-9-12(10-14)19-11(13)3/h9,15H,4-8,10,14H2,1-3H3. The SMILES string of the molecule is CCN(CC)CCCNS(=O)(=O)c1cc(CN)oc1C. The molecular weight excluding hydrogens is 278 g/mol. The number of sulfonamides is 1. The topological polar surface area (TPSA) is 88.6 Å².